The van der Waals surface area contributed by atoms with E-state index >= 15 is 0 Å². The summed E-state index contributed by atoms with van der Waals surface area (Å²) in [4.78, 5) is 4.24. The van der Waals surface area contributed by atoms with Gasteiger partial charge in [-0.25, -0.2) is 9.37 Å². The highest BCUT2D eigenvalue weighted by Gasteiger charge is 2.04. The number of benzene rings is 1. The molecule has 0 fully saturated rings. The maximum Gasteiger partial charge on any atom is 0.123 e. The third-order valence-electron chi connectivity index (χ3n) is 2.79. The highest BCUT2D eigenvalue weighted by molar-refractivity contribution is 7.07. The van der Waals surface area contributed by atoms with Crippen molar-refractivity contribution in [2.24, 2.45) is 0 Å². The van der Waals surface area contributed by atoms with E-state index in [4.69, 9.17) is 0 Å². The highest BCUT2D eigenvalue weighted by Crippen LogP contribution is 2.06. The fraction of sp³-hybridized carbons (Fsp3) is 0.357. The first-order chi connectivity index (χ1) is 8.74. The van der Waals surface area contributed by atoms with Crippen molar-refractivity contribution in [2.45, 2.75) is 25.8 Å². The lowest BCUT2D eigenvalue weighted by Crippen LogP contribution is -2.30. The average molecular weight is 264 g/mol. The van der Waals surface area contributed by atoms with Gasteiger partial charge in [0.05, 0.1) is 11.2 Å². The highest BCUT2D eigenvalue weighted by atomic mass is 32.1. The van der Waals surface area contributed by atoms with Crippen LogP contribution in [0.2, 0.25) is 0 Å². The number of rotatable bonds is 6. The van der Waals surface area contributed by atoms with Crippen molar-refractivity contribution in [1.82, 2.24) is 10.3 Å². The van der Waals surface area contributed by atoms with E-state index in [9.17, 15) is 4.39 Å². The van der Waals surface area contributed by atoms with Crippen LogP contribution in [-0.2, 0) is 12.8 Å². The minimum Gasteiger partial charge on any atom is -0.314 e. The zero-order chi connectivity index (χ0) is 12.8. The Morgan fingerprint density at radius 1 is 1.44 bits per heavy atom. The summed E-state index contributed by atoms with van der Waals surface area (Å²) in [5.74, 6) is -0.165. The summed E-state index contributed by atoms with van der Waals surface area (Å²) < 4.78 is 13.0. The van der Waals surface area contributed by atoms with Crippen LogP contribution in [0.4, 0.5) is 4.39 Å². The predicted molar refractivity (Wildman–Crippen MR) is 73.4 cm³/mol. The van der Waals surface area contributed by atoms with Gasteiger partial charge in [-0.2, -0.15) is 0 Å². The second-order valence-electron chi connectivity index (χ2n) is 4.42. The quantitative estimate of drug-likeness (QED) is 0.867. The SMILES string of the molecule is CC(Cc1cccc(F)c1)NCCc1cscn1. The van der Waals surface area contributed by atoms with Crippen LogP contribution in [0, 0.1) is 5.82 Å². The van der Waals surface area contributed by atoms with Gasteiger partial charge >= 0.3 is 0 Å². The summed E-state index contributed by atoms with van der Waals surface area (Å²) in [6.45, 7) is 3.02. The van der Waals surface area contributed by atoms with Gasteiger partial charge in [0.2, 0.25) is 0 Å². The van der Waals surface area contributed by atoms with Crippen molar-refractivity contribution in [2.75, 3.05) is 6.54 Å². The molecule has 2 rings (SSSR count). The minimum atomic E-state index is -0.165. The minimum absolute atomic E-state index is 0.165. The molecule has 0 radical (unpaired) electrons. The van der Waals surface area contributed by atoms with Crippen LogP contribution in [0.3, 0.4) is 0 Å². The van der Waals surface area contributed by atoms with Crippen LogP contribution >= 0.6 is 11.3 Å². The zero-order valence-electron chi connectivity index (χ0n) is 10.4. The van der Waals surface area contributed by atoms with E-state index in [0.29, 0.717) is 6.04 Å². The Hall–Kier alpha value is -1.26. The largest absolute Gasteiger partial charge is 0.314 e. The first-order valence-corrected chi connectivity index (χ1v) is 7.03. The zero-order valence-corrected chi connectivity index (χ0v) is 11.2. The summed E-state index contributed by atoms with van der Waals surface area (Å²) in [6, 6.07) is 7.13. The molecule has 1 aromatic heterocycles. The third kappa shape index (κ3) is 4.20. The number of nitrogens with one attached hydrogen (secondary N) is 1. The van der Waals surface area contributed by atoms with E-state index in [1.54, 1.807) is 23.5 Å². The number of hydrogen-bond donors (Lipinski definition) is 1. The van der Waals surface area contributed by atoms with Crippen LogP contribution in [0.1, 0.15) is 18.2 Å². The predicted octanol–water partition coefficient (Wildman–Crippen LogP) is 3.05. The summed E-state index contributed by atoms with van der Waals surface area (Å²) in [7, 11) is 0. The summed E-state index contributed by atoms with van der Waals surface area (Å²) in [6.07, 6.45) is 1.78. The molecule has 4 heteroatoms. The van der Waals surface area contributed by atoms with Crippen LogP contribution in [-0.4, -0.2) is 17.6 Å². The van der Waals surface area contributed by atoms with E-state index < -0.39 is 0 Å². The van der Waals surface area contributed by atoms with E-state index in [2.05, 4.69) is 22.6 Å². The van der Waals surface area contributed by atoms with Crippen molar-refractivity contribution >= 4 is 11.3 Å². The van der Waals surface area contributed by atoms with Crippen molar-refractivity contribution in [3.8, 4) is 0 Å². The van der Waals surface area contributed by atoms with Gasteiger partial charge in [-0.1, -0.05) is 12.1 Å². The molecule has 1 heterocycles. The van der Waals surface area contributed by atoms with E-state index in [0.717, 1.165) is 30.6 Å². The van der Waals surface area contributed by atoms with E-state index in [1.807, 2.05) is 11.6 Å². The van der Waals surface area contributed by atoms with Gasteiger partial charge in [-0.05, 0) is 31.0 Å². The van der Waals surface area contributed by atoms with Crippen LogP contribution in [0.15, 0.2) is 35.2 Å². The number of nitrogens with zero attached hydrogens (tertiary/aromatic N) is 1. The van der Waals surface area contributed by atoms with Gasteiger partial charge in [0.25, 0.3) is 0 Å². The number of halogens is 1. The van der Waals surface area contributed by atoms with Crippen molar-refractivity contribution in [1.29, 1.82) is 0 Å². The molecule has 0 saturated carbocycles. The molecule has 0 spiro atoms. The molecule has 1 aromatic carbocycles. The molecular weight excluding hydrogens is 247 g/mol. The first-order valence-electron chi connectivity index (χ1n) is 6.09. The van der Waals surface area contributed by atoms with Crippen LogP contribution < -0.4 is 5.32 Å². The second-order valence-corrected chi connectivity index (χ2v) is 5.14. The lowest BCUT2D eigenvalue weighted by atomic mass is 10.1. The molecule has 0 amide bonds. The Labute approximate surface area is 111 Å². The Morgan fingerprint density at radius 3 is 3.06 bits per heavy atom. The number of thiazole rings is 1. The Bertz CT molecular complexity index is 470. The van der Waals surface area contributed by atoms with Gasteiger partial charge in [0.1, 0.15) is 5.82 Å². The van der Waals surface area contributed by atoms with Crippen molar-refractivity contribution in [3.63, 3.8) is 0 Å². The molecule has 2 nitrogen and oxygen atoms in total. The first kappa shape index (κ1) is 13.2. The van der Waals surface area contributed by atoms with Gasteiger partial charge in [-0.15, -0.1) is 11.3 Å². The lowest BCUT2D eigenvalue weighted by molar-refractivity contribution is 0.544. The maximum absolute atomic E-state index is 13.0. The molecule has 1 unspecified atom stereocenters. The molecule has 96 valence electrons. The van der Waals surface area contributed by atoms with Crippen LogP contribution in [0.5, 0.6) is 0 Å². The van der Waals surface area contributed by atoms with Gasteiger partial charge < -0.3 is 5.32 Å². The fourth-order valence-corrected chi connectivity index (χ4v) is 2.49. The Morgan fingerprint density at radius 2 is 2.33 bits per heavy atom. The molecular formula is C14H17FN2S. The number of hydrogen-bond acceptors (Lipinski definition) is 3. The molecule has 0 saturated heterocycles. The summed E-state index contributed by atoms with van der Waals surface area (Å²) >= 11 is 1.62. The second kappa shape index (κ2) is 6.61. The van der Waals surface area contributed by atoms with Crippen molar-refractivity contribution in [3.05, 3.63) is 52.2 Å². The Balaban J connectivity index is 1.73. The summed E-state index contributed by atoms with van der Waals surface area (Å²) in [5, 5.41) is 5.50. The fourth-order valence-electron chi connectivity index (χ4n) is 1.90. The molecule has 0 aliphatic heterocycles. The molecule has 0 aliphatic carbocycles. The molecule has 0 bridgehead atoms. The van der Waals surface area contributed by atoms with E-state index in [-0.39, 0.29) is 5.82 Å². The average Bonchev–Trinajstić information content (AvgIpc) is 2.82. The van der Waals surface area contributed by atoms with Crippen molar-refractivity contribution < 1.29 is 4.39 Å². The van der Waals surface area contributed by atoms with E-state index in [1.165, 1.54) is 6.07 Å². The number of aromatic nitrogens is 1. The Kier molecular flexibility index (Phi) is 4.84. The van der Waals surface area contributed by atoms with Gasteiger partial charge in [-0.3, -0.25) is 0 Å². The smallest absolute Gasteiger partial charge is 0.123 e. The lowest BCUT2D eigenvalue weighted by Gasteiger charge is -2.13. The molecule has 0 aliphatic rings. The van der Waals surface area contributed by atoms with Crippen LogP contribution in [0.25, 0.3) is 0 Å². The third-order valence-corrected chi connectivity index (χ3v) is 3.42. The standard InChI is InChI=1S/C14H17FN2S/c1-11(7-12-3-2-4-13(15)8-12)16-6-5-14-9-18-10-17-14/h2-4,8-11,16H,5-7H2,1H3. The molecule has 2 aromatic rings. The molecule has 1 atom stereocenters. The molecule has 18 heavy (non-hydrogen) atoms. The summed E-state index contributed by atoms with van der Waals surface area (Å²) in [5.41, 5.74) is 4.01. The topological polar surface area (TPSA) is 24.9 Å². The van der Waals surface area contributed by atoms with Gasteiger partial charge in [0, 0.05) is 24.4 Å². The maximum atomic E-state index is 13.0. The monoisotopic (exact) mass is 264 g/mol. The molecule has 1 N–H and O–H groups in total. The normalized spacial score (nSPS) is 12.6. The van der Waals surface area contributed by atoms with Gasteiger partial charge in [0.15, 0.2) is 0 Å².